The van der Waals surface area contributed by atoms with Crippen LogP contribution < -0.4 is 0 Å². The van der Waals surface area contributed by atoms with Crippen LogP contribution in [0.25, 0.3) is 0 Å². The highest BCUT2D eigenvalue weighted by Gasteiger charge is 1.91. The number of nitrogens with zero attached hydrogens (tertiary/aromatic N) is 1. The van der Waals surface area contributed by atoms with Crippen molar-refractivity contribution in [3.05, 3.63) is 72.9 Å². The molecule has 0 aromatic heterocycles. The molecule has 0 rings (SSSR count). The second kappa shape index (κ2) is 10.4. The molecule has 0 bridgehead atoms. The first-order valence-electron chi connectivity index (χ1n) is 5.46. The Morgan fingerprint density at radius 2 is 1.29 bits per heavy atom. The van der Waals surface area contributed by atoms with Crippen molar-refractivity contribution in [1.82, 2.24) is 0 Å². The van der Waals surface area contributed by atoms with Gasteiger partial charge in [-0.3, -0.25) is 0 Å². The Balaban J connectivity index is 0. The van der Waals surface area contributed by atoms with Gasteiger partial charge in [0.25, 0.3) is 0 Å². The maximum Gasteiger partial charge on any atom is 0.0985 e. The molecular weight excluding hydrogens is 206 g/mol. The Morgan fingerprint density at radius 3 is 1.65 bits per heavy atom. The number of nitriles is 1. The van der Waals surface area contributed by atoms with Gasteiger partial charge in [0.15, 0.2) is 0 Å². The smallest absolute Gasteiger partial charge is 0.0985 e. The summed E-state index contributed by atoms with van der Waals surface area (Å²) in [6.07, 6.45) is 7.03. The van der Waals surface area contributed by atoms with Crippen molar-refractivity contribution in [2.75, 3.05) is 0 Å². The maximum atomic E-state index is 8.48. The zero-order valence-electron chi connectivity index (χ0n) is 11.1. The molecule has 90 valence electrons. The second-order valence-corrected chi connectivity index (χ2v) is 3.20. The van der Waals surface area contributed by atoms with Gasteiger partial charge in [-0.05, 0) is 24.1 Å². The molecule has 0 radical (unpaired) electrons. The lowest BCUT2D eigenvalue weighted by Gasteiger charge is -1.98. The first kappa shape index (κ1) is 17.3. The molecule has 17 heavy (non-hydrogen) atoms. The van der Waals surface area contributed by atoms with Crippen LogP contribution in [0.2, 0.25) is 0 Å². The zero-order chi connectivity index (χ0) is 13.8. The fraction of sp³-hybridized carbons (Fsp3) is 0.188. The van der Waals surface area contributed by atoms with Crippen molar-refractivity contribution >= 4 is 0 Å². The van der Waals surface area contributed by atoms with Crippen LogP contribution in [0, 0.1) is 11.3 Å². The predicted octanol–water partition coefficient (Wildman–Crippen LogP) is 4.89. The normalized spacial score (nSPS) is 9.29. The summed E-state index contributed by atoms with van der Waals surface area (Å²) in [6, 6.07) is 1.93. The van der Waals surface area contributed by atoms with Gasteiger partial charge in [0.05, 0.1) is 6.07 Å². The molecule has 0 fully saturated rings. The highest BCUT2D eigenvalue weighted by atomic mass is 14.2. The molecule has 0 unspecified atom stereocenters. The number of rotatable bonds is 5. The summed E-state index contributed by atoms with van der Waals surface area (Å²) in [5.41, 5.74) is 2.89. The van der Waals surface area contributed by atoms with E-state index in [1.54, 1.807) is 12.2 Å². The van der Waals surface area contributed by atoms with Gasteiger partial charge < -0.3 is 0 Å². The molecule has 0 heterocycles. The standard InChI is InChI=1S/C14H15N.C2H6/c1-11(2)6-8-13(4)14(5)9-7-12(3)10-15;1-2/h6-9H,1,3-5H2,2H3;1-2H3/b8-6-,9-7-;. The summed E-state index contributed by atoms with van der Waals surface area (Å²) in [6.45, 7) is 20.8. The molecule has 0 aromatic carbocycles. The Hall–Kier alpha value is -2.07. The number of hydrogen-bond acceptors (Lipinski definition) is 1. The average Bonchev–Trinajstić information content (AvgIpc) is 2.34. The Kier molecular flexibility index (Phi) is 10.6. The van der Waals surface area contributed by atoms with Crippen molar-refractivity contribution in [1.29, 1.82) is 5.26 Å². The van der Waals surface area contributed by atoms with Crippen LogP contribution in [0.3, 0.4) is 0 Å². The van der Waals surface area contributed by atoms with E-state index >= 15 is 0 Å². The van der Waals surface area contributed by atoms with E-state index in [1.165, 1.54) is 0 Å². The van der Waals surface area contributed by atoms with Crippen LogP contribution in [-0.4, -0.2) is 0 Å². The molecule has 0 amide bonds. The van der Waals surface area contributed by atoms with Gasteiger partial charge in [-0.1, -0.05) is 64.0 Å². The van der Waals surface area contributed by atoms with E-state index in [-0.39, 0.29) is 0 Å². The third kappa shape index (κ3) is 10.2. The van der Waals surface area contributed by atoms with Crippen molar-refractivity contribution in [2.24, 2.45) is 0 Å². The van der Waals surface area contributed by atoms with E-state index in [0.717, 1.165) is 16.7 Å². The minimum atomic E-state index is 0.396. The molecule has 0 saturated heterocycles. The molecule has 0 N–H and O–H groups in total. The molecule has 0 spiro atoms. The van der Waals surface area contributed by atoms with E-state index in [0.29, 0.717) is 5.57 Å². The summed E-state index contributed by atoms with van der Waals surface area (Å²) >= 11 is 0. The molecule has 0 aromatic rings. The second-order valence-electron chi connectivity index (χ2n) is 3.20. The van der Waals surface area contributed by atoms with Gasteiger partial charge in [-0.15, -0.1) is 0 Å². The fourth-order valence-electron chi connectivity index (χ4n) is 0.695. The quantitative estimate of drug-likeness (QED) is 0.484. The largest absolute Gasteiger partial charge is 0.192 e. The fourth-order valence-corrected chi connectivity index (χ4v) is 0.695. The SMILES string of the molecule is C=C(C)/C=C\C(=C)C(=C)/C=C\C(=C)C#N.CC. The van der Waals surface area contributed by atoms with Crippen LogP contribution in [-0.2, 0) is 0 Å². The lowest BCUT2D eigenvalue weighted by molar-refractivity contribution is 1.49. The van der Waals surface area contributed by atoms with Crippen molar-refractivity contribution in [3.8, 4) is 6.07 Å². The van der Waals surface area contributed by atoms with Crippen molar-refractivity contribution in [3.63, 3.8) is 0 Å². The lowest BCUT2D eigenvalue weighted by atomic mass is 10.1. The van der Waals surface area contributed by atoms with Crippen LogP contribution in [0.4, 0.5) is 0 Å². The van der Waals surface area contributed by atoms with Crippen LogP contribution in [0.1, 0.15) is 20.8 Å². The summed E-state index contributed by atoms with van der Waals surface area (Å²) in [7, 11) is 0. The third-order valence-electron chi connectivity index (χ3n) is 1.61. The monoisotopic (exact) mass is 227 g/mol. The summed E-state index contributed by atoms with van der Waals surface area (Å²) in [5, 5.41) is 8.48. The molecule has 0 aliphatic heterocycles. The first-order chi connectivity index (χ1) is 7.97. The van der Waals surface area contributed by atoms with E-state index in [4.69, 9.17) is 5.26 Å². The summed E-state index contributed by atoms with van der Waals surface area (Å²) in [5.74, 6) is 0. The molecule has 0 aliphatic carbocycles. The van der Waals surface area contributed by atoms with Crippen molar-refractivity contribution < 1.29 is 0 Å². The average molecular weight is 227 g/mol. The van der Waals surface area contributed by atoms with E-state index in [1.807, 2.05) is 39.0 Å². The molecule has 0 atom stereocenters. The summed E-state index contributed by atoms with van der Waals surface area (Å²) in [4.78, 5) is 0. The molecular formula is C16H21N. The van der Waals surface area contributed by atoms with Gasteiger partial charge in [-0.2, -0.15) is 5.26 Å². The molecule has 0 aliphatic rings. The molecule has 1 nitrogen and oxygen atoms in total. The number of hydrogen-bond donors (Lipinski definition) is 0. The zero-order valence-corrected chi connectivity index (χ0v) is 11.1. The third-order valence-corrected chi connectivity index (χ3v) is 1.61. The lowest BCUT2D eigenvalue weighted by Crippen LogP contribution is -1.79. The molecule has 0 saturated carbocycles. The van der Waals surface area contributed by atoms with Gasteiger partial charge in [0.2, 0.25) is 0 Å². The van der Waals surface area contributed by atoms with Crippen LogP contribution in [0.5, 0.6) is 0 Å². The van der Waals surface area contributed by atoms with Crippen LogP contribution >= 0.6 is 0 Å². The highest BCUT2D eigenvalue weighted by Crippen LogP contribution is 2.10. The van der Waals surface area contributed by atoms with Gasteiger partial charge in [0, 0.05) is 5.57 Å². The van der Waals surface area contributed by atoms with Crippen LogP contribution in [0.15, 0.2) is 72.9 Å². The Morgan fingerprint density at radius 1 is 0.882 bits per heavy atom. The first-order valence-corrected chi connectivity index (χ1v) is 5.46. The van der Waals surface area contributed by atoms with Gasteiger partial charge >= 0.3 is 0 Å². The number of allylic oxidation sites excluding steroid dienone is 8. The minimum absolute atomic E-state index is 0.396. The predicted molar refractivity (Wildman–Crippen MR) is 77.5 cm³/mol. The minimum Gasteiger partial charge on any atom is -0.192 e. The summed E-state index contributed by atoms with van der Waals surface area (Å²) < 4.78 is 0. The Labute approximate surface area is 105 Å². The highest BCUT2D eigenvalue weighted by molar-refractivity contribution is 5.46. The van der Waals surface area contributed by atoms with E-state index < -0.39 is 0 Å². The van der Waals surface area contributed by atoms with E-state index in [9.17, 15) is 0 Å². The van der Waals surface area contributed by atoms with Gasteiger partial charge in [-0.25, -0.2) is 0 Å². The Bertz CT molecular complexity index is 398. The topological polar surface area (TPSA) is 23.8 Å². The van der Waals surface area contributed by atoms with E-state index in [2.05, 4.69) is 26.3 Å². The maximum absolute atomic E-state index is 8.48. The molecule has 1 heteroatoms. The van der Waals surface area contributed by atoms with Gasteiger partial charge in [0.1, 0.15) is 0 Å². The van der Waals surface area contributed by atoms with Crippen molar-refractivity contribution in [2.45, 2.75) is 20.8 Å².